The summed E-state index contributed by atoms with van der Waals surface area (Å²) in [6, 6.07) is 0. The summed E-state index contributed by atoms with van der Waals surface area (Å²) in [7, 11) is 0. The molecule has 0 fully saturated rings. The van der Waals surface area contributed by atoms with Crippen molar-refractivity contribution in [1.82, 2.24) is 24.7 Å². The van der Waals surface area contributed by atoms with Crippen molar-refractivity contribution in [2.75, 3.05) is 18.0 Å². The zero-order valence-electron chi connectivity index (χ0n) is 12.5. The molecule has 2 rings (SSSR count). The number of anilines is 1. The molecule has 0 radical (unpaired) electrons. The van der Waals surface area contributed by atoms with Gasteiger partial charge in [0.1, 0.15) is 0 Å². The van der Waals surface area contributed by atoms with Crippen molar-refractivity contribution in [3.05, 3.63) is 22.2 Å². The molecule has 0 aliphatic rings. The van der Waals surface area contributed by atoms with Crippen molar-refractivity contribution in [2.45, 2.75) is 34.6 Å². The average Bonchev–Trinajstić information content (AvgIpc) is 2.67. The lowest BCUT2D eigenvalue weighted by molar-refractivity contribution is 0.742. The Bertz CT molecular complexity index is 618. The number of rotatable bonds is 4. The molecular weight excluding hydrogens is 276 g/mol. The molecule has 0 bridgehead atoms. The normalized spacial score (nSPS) is 10.9. The van der Waals surface area contributed by atoms with Gasteiger partial charge in [-0.3, -0.25) is 0 Å². The Morgan fingerprint density at radius 2 is 1.70 bits per heavy atom. The Morgan fingerprint density at radius 1 is 1.05 bits per heavy atom. The first-order chi connectivity index (χ1) is 9.47. The molecule has 0 spiro atoms. The van der Waals surface area contributed by atoms with Crippen LogP contribution in [0.25, 0.3) is 5.95 Å². The number of aromatic nitrogens is 5. The maximum Gasteiger partial charge on any atom is 0.256 e. The third-order valence-electron chi connectivity index (χ3n) is 3.47. The van der Waals surface area contributed by atoms with Crippen LogP contribution in [0.15, 0.2) is 0 Å². The highest BCUT2D eigenvalue weighted by Gasteiger charge is 2.15. The first-order valence-corrected chi connectivity index (χ1v) is 7.05. The lowest BCUT2D eigenvalue weighted by atomic mass is 10.2. The van der Waals surface area contributed by atoms with Crippen LogP contribution >= 0.6 is 11.6 Å². The Morgan fingerprint density at radius 3 is 2.20 bits per heavy atom. The minimum Gasteiger partial charge on any atom is -0.341 e. The highest BCUT2D eigenvalue weighted by Crippen LogP contribution is 2.17. The van der Waals surface area contributed by atoms with E-state index in [4.69, 9.17) is 11.6 Å². The van der Waals surface area contributed by atoms with Crippen LogP contribution in [0.1, 0.15) is 30.8 Å². The third kappa shape index (κ3) is 2.60. The summed E-state index contributed by atoms with van der Waals surface area (Å²) in [6.07, 6.45) is 0. The van der Waals surface area contributed by atoms with E-state index < -0.39 is 0 Å². The topological polar surface area (TPSA) is 59.7 Å². The second-order valence-electron chi connectivity index (χ2n) is 4.58. The van der Waals surface area contributed by atoms with Gasteiger partial charge in [0.15, 0.2) is 0 Å². The van der Waals surface area contributed by atoms with Gasteiger partial charge in [0.2, 0.25) is 11.2 Å². The second kappa shape index (κ2) is 5.75. The van der Waals surface area contributed by atoms with Crippen molar-refractivity contribution in [2.24, 2.45) is 0 Å². The molecule has 2 aromatic heterocycles. The molecule has 2 heterocycles. The minimum atomic E-state index is 0.183. The van der Waals surface area contributed by atoms with Crippen molar-refractivity contribution < 1.29 is 0 Å². The maximum atomic E-state index is 6.03. The molecule has 108 valence electrons. The Labute approximate surface area is 123 Å². The van der Waals surface area contributed by atoms with Gasteiger partial charge in [-0.1, -0.05) is 0 Å². The van der Waals surface area contributed by atoms with E-state index in [9.17, 15) is 0 Å². The molecule has 0 atom stereocenters. The lowest BCUT2D eigenvalue weighted by Crippen LogP contribution is -2.25. The minimum absolute atomic E-state index is 0.183. The fraction of sp³-hybridized carbons (Fsp3) is 0.538. The van der Waals surface area contributed by atoms with E-state index in [2.05, 4.69) is 20.1 Å². The predicted molar refractivity (Wildman–Crippen MR) is 79.7 cm³/mol. The predicted octanol–water partition coefficient (Wildman–Crippen LogP) is 2.48. The van der Waals surface area contributed by atoms with Gasteiger partial charge in [-0.25, -0.2) is 4.68 Å². The van der Waals surface area contributed by atoms with Crippen molar-refractivity contribution >= 4 is 17.5 Å². The highest BCUT2D eigenvalue weighted by atomic mass is 35.5. The van der Waals surface area contributed by atoms with Crippen LogP contribution in [0.4, 0.5) is 5.95 Å². The molecule has 0 amide bonds. The van der Waals surface area contributed by atoms with Crippen LogP contribution in [0, 0.1) is 20.8 Å². The monoisotopic (exact) mass is 294 g/mol. The third-order valence-corrected chi connectivity index (χ3v) is 3.64. The number of nitrogens with zero attached hydrogens (tertiary/aromatic N) is 6. The van der Waals surface area contributed by atoms with Gasteiger partial charge in [-0.2, -0.15) is 20.1 Å². The van der Waals surface area contributed by atoms with Crippen LogP contribution in [0.5, 0.6) is 0 Å². The Hall–Kier alpha value is -1.69. The molecule has 0 saturated carbocycles. The maximum absolute atomic E-state index is 6.03. The lowest BCUT2D eigenvalue weighted by Gasteiger charge is -2.18. The molecule has 2 aromatic rings. The van der Waals surface area contributed by atoms with E-state index in [0.717, 1.165) is 30.0 Å². The SMILES string of the molecule is CCN(CC)c1nc(Cl)nc(-n2nc(C)c(C)c2C)n1. The van der Waals surface area contributed by atoms with E-state index in [1.165, 1.54) is 0 Å². The summed E-state index contributed by atoms with van der Waals surface area (Å²) in [5, 5.41) is 4.64. The first-order valence-electron chi connectivity index (χ1n) is 6.67. The van der Waals surface area contributed by atoms with Crippen molar-refractivity contribution in [3.8, 4) is 5.95 Å². The molecule has 0 aliphatic carbocycles. The molecule has 6 nitrogen and oxygen atoms in total. The van der Waals surface area contributed by atoms with E-state index in [-0.39, 0.29) is 5.28 Å². The molecule has 20 heavy (non-hydrogen) atoms. The van der Waals surface area contributed by atoms with Crippen LogP contribution in [-0.2, 0) is 0 Å². The van der Waals surface area contributed by atoms with E-state index in [1.54, 1.807) is 4.68 Å². The first kappa shape index (κ1) is 14.7. The van der Waals surface area contributed by atoms with E-state index >= 15 is 0 Å². The molecule has 0 N–H and O–H groups in total. The standard InChI is InChI=1S/C13H19ClN6/c1-6-19(7-2)12-15-11(14)16-13(17-12)20-10(5)8(3)9(4)18-20/h6-7H2,1-5H3. The molecule has 0 unspecified atom stereocenters. The summed E-state index contributed by atoms with van der Waals surface area (Å²) in [4.78, 5) is 14.9. The molecule has 0 aliphatic heterocycles. The summed E-state index contributed by atoms with van der Waals surface area (Å²) < 4.78 is 1.71. The summed E-state index contributed by atoms with van der Waals surface area (Å²) in [6.45, 7) is 11.7. The fourth-order valence-corrected chi connectivity index (χ4v) is 2.14. The van der Waals surface area contributed by atoms with Crippen molar-refractivity contribution in [3.63, 3.8) is 0 Å². The quantitative estimate of drug-likeness (QED) is 0.867. The van der Waals surface area contributed by atoms with Crippen LogP contribution < -0.4 is 4.90 Å². The summed E-state index contributed by atoms with van der Waals surface area (Å²) in [5.41, 5.74) is 3.10. The Kier molecular flexibility index (Phi) is 4.23. The fourth-order valence-electron chi connectivity index (χ4n) is 1.99. The van der Waals surface area contributed by atoms with Crippen LogP contribution in [-0.4, -0.2) is 37.8 Å². The van der Waals surface area contributed by atoms with Gasteiger partial charge in [-0.05, 0) is 51.8 Å². The van der Waals surface area contributed by atoms with E-state index in [0.29, 0.717) is 11.9 Å². The molecule has 0 saturated heterocycles. The molecule has 7 heteroatoms. The number of hydrogen-bond donors (Lipinski definition) is 0. The van der Waals surface area contributed by atoms with Gasteiger partial charge in [0.25, 0.3) is 5.95 Å². The summed E-state index contributed by atoms with van der Waals surface area (Å²) >= 11 is 6.03. The molecule has 0 aromatic carbocycles. The second-order valence-corrected chi connectivity index (χ2v) is 4.92. The number of halogens is 1. The average molecular weight is 295 g/mol. The largest absolute Gasteiger partial charge is 0.341 e. The van der Waals surface area contributed by atoms with E-state index in [1.807, 2.05) is 39.5 Å². The van der Waals surface area contributed by atoms with Crippen LogP contribution in [0.2, 0.25) is 5.28 Å². The zero-order valence-corrected chi connectivity index (χ0v) is 13.2. The highest BCUT2D eigenvalue weighted by molar-refractivity contribution is 6.28. The van der Waals surface area contributed by atoms with Gasteiger partial charge < -0.3 is 4.90 Å². The van der Waals surface area contributed by atoms with Gasteiger partial charge in [0.05, 0.1) is 5.69 Å². The zero-order chi connectivity index (χ0) is 14.9. The smallest absolute Gasteiger partial charge is 0.256 e. The molecular formula is C13H19ClN6. The van der Waals surface area contributed by atoms with Crippen molar-refractivity contribution in [1.29, 1.82) is 0 Å². The number of hydrogen-bond acceptors (Lipinski definition) is 5. The Balaban J connectivity index is 2.54. The van der Waals surface area contributed by atoms with Gasteiger partial charge >= 0.3 is 0 Å². The summed E-state index contributed by atoms with van der Waals surface area (Å²) in [5.74, 6) is 1.04. The van der Waals surface area contributed by atoms with Gasteiger partial charge in [0, 0.05) is 18.8 Å². The van der Waals surface area contributed by atoms with Crippen LogP contribution in [0.3, 0.4) is 0 Å². The van der Waals surface area contributed by atoms with Gasteiger partial charge in [-0.15, -0.1) is 0 Å². The number of aryl methyl sites for hydroxylation is 1.